The molecule has 1 saturated carbocycles. The van der Waals surface area contributed by atoms with Gasteiger partial charge in [-0.2, -0.15) is 0 Å². The minimum absolute atomic E-state index is 0.0400. The SMILES string of the molecule is CC(=O)c1c(-c2ccc(Cl)cc2S(C)(=O)=O)noc1C1CC1. The van der Waals surface area contributed by atoms with Crippen molar-refractivity contribution < 1.29 is 17.7 Å². The number of hydrogen-bond donors (Lipinski definition) is 0. The van der Waals surface area contributed by atoms with E-state index in [4.69, 9.17) is 16.1 Å². The van der Waals surface area contributed by atoms with Gasteiger partial charge in [-0.15, -0.1) is 0 Å². The van der Waals surface area contributed by atoms with Gasteiger partial charge in [-0.25, -0.2) is 8.42 Å². The third-order valence-electron chi connectivity index (χ3n) is 3.62. The van der Waals surface area contributed by atoms with Crippen LogP contribution in [0.5, 0.6) is 0 Å². The van der Waals surface area contributed by atoms with Gasteiger partial charge in [0.2, 0.25) is 0 Å². The molecule has 1 aliphatic rings. The summed E-state index contributed by atoms with van der Waals surface area (Å²) in [6.07, 6.45) is 3.00. The first-order valence-corrected chi connectivity index (χ1v) is 9.06. The summed E-state index contributed by atoms with van der Waals surface area (Å²) in [6.45, 7) is 1.43. The smallest absolute Gasteiger partial charge is 0.176 e. The van der Waals surface area contributed by atoms with Crippen molar-refractivity contribution in [2.45, 2.75) is 30.6 Å². The number of rotatable bonds is 4. The first-order chi connectivity index (χ1) is 10.3. The molecule has 0 N–H and O–H groups in total. The van der Waals surface area contributed by atoms with Crippen molar-refractivity contribution in [2.24, 2.45) is 0 Å². The van der Waals surface area contributed by atoms with Gasteiger partial charge in [0.05, 0.1) is 10.5 Å². The standard InChI is InChI=1S/C15H14ClNO4S/c1-8(18)13-14(17-21-15(13)9-3-4-9)11-6-5-10(16)7-12(11)22(2,19)20/h5-7,9H,3-4H2,1-2H3. The number of benzene rings is 1. The van der Waals surface area contributed by atoms with Crippen LogP contribution >= 0.6 is 11.6 Å². The number of Topliss-reactive ketones (excluding diaryl/α,β-unsaturated/α-hetero) is 1. The van der Waals surface area contributed by atoms with Crippen molar-refractivity contribution in [3.63, 3.8) is 0 Å². The maximum absolute atomic E-state index is 12.0. The molecule has 1 aromatic carbocycles. The number of hydrogen-bond acceptors (Lipinski definition) is 5. The molecule has 1 fully saturated rings. The van der Waals surface area contributed by atoms with Crippen LogP contribution in [-0.4, -0.2) is 25.6 Å². The van der Waals surface area contributed by atoms with Gasteiger partial charge < -0.3 is 4.52 Å². The zero-order valence-electron chi connectivity index (χ0n) is 12.1. The Kier molecular flexibility index (Phi) is 3.61. The number of halogens is 1. The second-order valence-electron chi connectivity index (χ2n) is 5.51. The topological polar surface area (TPSA) is 77.2 Å². The number of aromatic nitrogens is 1. The highest BCUT2D eigenvalue weighted by molar-refractivity contribution is 7.90. The molecule has 5 nitrogen and oxygen atoms in total. The summed E-state index contributed by atoms with van der Waals surface area (Å²) in [5.41, 5.74) is 0.981. The highest BCUT2D eigenvalue weighted by Gasteiger charge is 2.35. The predicted molar refractivity (Wildman–Crippen MR) is 82.0 cm³/mol. The third kappa shape index (κ3) is 2.68. The zero-order chi connectivity index (χ0) is 16.1. The summed E-state index contributed by atoms with van der Waals surface area (Å²) in [4.78, 5) is 12.0. The molecule has 1 aliphatic carbocycles. The van der Waals surface area contributed by atoms with E-state index in [1.54, 1.807) is 12.1 Å². The number of ketones is 1. The fourth-order valence-electron chi connectivity index (χ4n) is 2.45. The Morgan fingerprint density at radius 3 is 2.59 bits per heavy atom. The number of carbonyl (C=O) groups is 1. The summed E-state index contributed by atoms with van der Waals surface area (Å²) in [5, 5.41) is 4.27. The van der Waals surface area contributed by atoms with Gasteiger partial charge in [-0.3, -0.25) is 4.79 Å². The lowest BCUT2D eigenvalue weighted by Crippen LogP contribution is -2.03. The molecule has 0 bridgehead atoms. The monoisotopic (exact) mass is 339 g/mol. The molecule has 0 saturated heterocycles. The molecule has 2 aromatic rings. The summed E-state index contributed by atoms with van der Waals surface area (Å²) in [7, 11) is -3.52. The van der Waals surface area contributed by atoms with Crippen molar-refractivity contribution >= 4 is 27.2 Å². The van der Waals surface area contributed by atoms with Crippen molar-refractivity contribution in [1.29, 1.82) is 0 Å². The van der Waals surface area contributed by atoms with E-state index in [2.05, 4.69) is 5.16 Å². The van der Waals surface area contributed by atoms with Gasteiger partial charge >= 0.3 is 0 Å². The van der Waals surface area contributed by atoms with Crippen molar-refractivity contribution in [1.82, 2.24) is 5.16 Å². The third-order valence-corrected chi connectivity index (χ3v) is 4.99. The van der Waals surface area contributed by atoms with Gasteiger partial charge in [0.1, 0.15) is 5.69 Å². The van der Waals surface area contributed by atoms with Crippen molar-refractivity contribution in [2.75, 3.05) is 6.26 Å². The second kappa shape index (κ2) is 5.21. The largest absolute Gasteiger partial charge is 0.360 e. The fourth-order valence-corrected chi connectivity index (χ4v) is 3.59. The average Bonchev–Trinajstić information content (AvgIpc) is 3.16. The number of carbonyl (C=O) groups excluding carboxylic acids is 1. The van der Waals surface area contributed by atoms with Crippen LogP contribution in [0.15, 0.2) is 27.6 Å². The molecule has 3 rings (SSSR count). The van der Waals surface area contributed by atoms with E-state index < -0.39 is 9.84 Å². The maximum Gasteiger partial charge on any atom is 0.176 e. The lowest BCUT2D eigenvalue weighted by Gasteiger charge is -2.07. The molecule has 0 spiro atoms. The Balaban J connectivity index is 2.27. The van der Waals surface area contributed by atoms with Crippen molar-refractivity contribution in [3.8, 4) is 11.3 Å². The molecule has 0 amide bonds. The van der Waals surface area contributed by atoms with Gasteiger partial charge in [-0.1, -0.05) is 16.8 Å². The molecule has 1 aromatic heterocycles. The lowest BCUT2D eigenvalue weighted by atomic mass is 10.0. The maximum atomic E-state index is 12.0. The van der Waals surface area contributed by atoms with Gasteiger partial charge in [0.25, 0.3) is 0 Å². The first-order valence-electron chi connectivity index (χ1n) is 6.79. The van der Waals surface area contributed by atoms with Gasteiger partial charge in [-0.05, 0) is 38.0 Å². The van der Waals surface area contributed by atoms with E-state index in [-0.39, 0.29) is 22.3 Å². The summed E-state index contributed by atoms with van der Waals surface area (Å²) >= 11 is 5.90. The molecule has 1 heterocycles. The summed E-state index contributed by atoms with van der Waals surface area (Å²) in [6, 6.07) is 4.49. The minimum atomic E-state index is -3.52. The molecule has 0 atom stereocenters. The zero-order valence-corrected chi connectivity index (χ0v) is 13.7. The van der Waals surface area contributed by atoms with Crippen LogP contribution in [0.1, 0.15) is 41.8 Å². The minimum Gasteiger partial charge on any atom is -0.360 e. The Labute approximate surface area is 133 Å². The van der Waals surface area contributed by atoms with Crippen LogP contribution in [0.2, 0.25) is 5.02 Å². The second-order valence-corrected chi connectivity index (χ2v) is 7.93. The first kappa shape index (κ1) is 15.2. The van der Waals surface area contributed by atoms with Crippen LogP contribution < -0.4 is 0 Å². The molecular formula is C15H14ClNO4S. The Morgan fingerprint density at radius 2 is 2.05 bits per heavy atom. The van der Waals surface area contributed by atoms with E-state index in [1.807, 2.05) is 0 Å². The highest BCUT2D eigenvalue weighted by atomic mass is 35.5. The molecule has 116 valence electrons. The fraction of sp³-hybridized carbons (Fsp3) is 0.333. The quantitative estimate of drug-likeness (QED) is 0.797. The van der Waals surface area contributed by atoms with Gasteiger partial charge in [0, 0.05) is 22.8 Å². The molecule has 7 heteroatoms. The van der Waals surface area contributed by atoms with E-state index in [9.17, 15) is 13.2 Å². The van der Waals surface area contributed by atoms with Crippen LogP contribution in [-0.2, 0) is 9.84 Å². The van der Waals surface area contributed by atoms with E-state index in [0.29, 0.717) is 21.9 Å². The van der Waals surface area contributed by atoms with E-state index in [1.165, 1.54) is 13.0 Å². The van der Waals surface area contributed by atoms with E-state index in [0.717, 1.165) is 19.1 Å². The van der Waals surface area contributed by atoms with Crippen molar-refractivity contribution in [3.05, 3.63) is 34.5 Å². The average molecular weight is 340 g/mol. The number of nitrogens with zero attached hydrogens (tertiary/aromatic N) is 1. The summed E-state index contributed by atoms with van der Waals surface area (Å²) < 4.78 is 29.4. The Bertz CT molecular complexity index is 866. The Hall–Kier alpha value is -1.66. The normalized spacial score (nSPS) is 15.0. The highest BCUT2D eigenvalue weighted by Crippen LogP contribution is 2.44. The van der Waals surface area contributed by atoms with E-state index >= 15 is 0 Å². The number of sulfone groups is 1. The lowest BCUT2D eigenvalue weighted by molar-refractivity contribution is 0.101. The van der Waals surface area contributed by atoms with Crippen LogP contribution in [0.4, 0.5) is 0 Å². The van der Waals surface area contributed by atoms with Crippen LogP contribution in [0.25, 0.3) is 11.3 Å². The predicted octanol–water partition coefficient (Wildman–Crippen LogP) is 3.48. The van der Waals surface area contributed by atoms with Crippen LogP contribution in [0.3, 0.4) is 0 Å². The molecule has 0 unspecified atom stereocenters. The Morgan fingerprint density at radius 1 is 1.36 bits per heavy atom. The van der Waals surface area contributed by atoms with Gasteiger partial charge in [0.15, 0.2) is 21.4 Å². The molecule has 0 radical (unpaired) electrons. The molecular weight excluding hydrogens is 326 g/mol. The van der Waals surface area contributed by atoms with Crippen LogP contribution in [0, 0.1) is 0 Å². The molecule has 0 aliphatic heterocycles. The summed E-state index contributed by atoms with van der Waals surface area (Å²) in [5.74, 6) is 0.568. The molecule has 22 heavy (non-hydrogen) atoms.